The summed E-state index contributed by atoms with van der Waals surface area (Å²) in [7, 11) is 0. The number of halogens is 3. The van der Waals surface area contributed by atoms with Crippen LogP contribution in [0, 0.1) is 0 Å². The smallest absolute Gasteiger partial charge is 0.241 e. The normalized spacial score (nSPS) is 12.2. The van der Waals surface area contributed by atoms with E-state index >= 15 is 0 Å². The number of hydrogen-bond donors (Lipinski definition) is 0. The molecule has 0 amide bonds. The van der Waals surface area contributed by atoms with Crippen molar-refractivity contribution in [2.24, 2.45) is 0 Å². The molecule has 0 atom stereocenters. The molecule has 2 rings (SSSR count). The molecule has 20 heavy (non-hydrogen) atoms. The zero-order chi connectivity index (χ0) is 14.9. The van der Waals surface area contributed by atoms with Crippen LogP contribution in [-0.4, -0.2) is 4.98 Å². The number of rotatable bonds is 3. The topological polar surface area (TPSA) is 12.9 Å². The average Bonchev–Trinajstić information content (AvgIpc) is 2.82. The van der Waals surface area contributed by atoms with Crippen LogP contribution in [0.3, 0.4) is 0 Å². The first-order valence-corrected chi connectivity index (χ1v) is 7.31. The standard InChI is InChI=1S/C15H16F3NS/c1-4-12-13(9(2)3)19-14(20-12)10-5-7-11(8-6-10)15(16,17)18/h5-9H,4H2,1-3H3. The number of thiazole rings is 1. The molecule has 0 saturated heterocycles. The molecule has 0 unspecified atom stereocenters. The zero-order valence-corrected chi connectivity index (χ0v) is 12.4. The van der Waals surface area contributed by atoms with E-state index in [1.54, 1.807) is 11.3 Å². The molecule has 1 aromatic carbocycles. The number of aryl methyl sites for hydroxylation is 1. The van der Waals surface area contributed by atoms with Gasteiger partial charge in [-0.1, -0.05) is 32.9 Å². The van der Waals surface area contributed by atoms with E-state index in [1.165, 1.54) is 17.0 Å². The summed E-state index contributed by atoms with van der Waals surface area (Å²) < 4.78 is 37.6. The first-order chi connectivity index (χ1) is 9.32. The van der Waals surface area contributed by atoms with Gasteiger partial charge in [0.25, 0.3) is 0 Å². The second-order valence-corrected chi connectivity index (χ2v) is 5.99. The van der Waals surface area contributed by atoms with Crippen molar-refractivity contribution in [2.45, 2.75) is 39.3 Å². The predicted octanol–water partition coefficient (Wildman–Crippen LogP) is 5.51. The van der Waals surface area contributed by atoms with E-state index in [-0.39, 0.29) is 0 Å². The average molecular weight is 299 g/mol. The third-order valence-electron chi connectivity index (χ3n) is 3.05. The van der Waals surface area contributed by atoms with E-state index in [0.717, 1.165) is 34.8 Å². The Kier molecular flexibility index (Phi) is 4.18. The minimum absolute atomic E-state index is 0.324. The van der Waals surface area contributed by atoms with Gasteiger partial charge in [0.2, 0.25) is 0 Å². The molecule has 1 aromatic heterocycles. The first-order valence-electron chi connectivity index (χ1n) is 6.50. The fourth-order valence-corrected chi connectivity index (χ4v) is 3.15. The lowest BCUT2D eigenvalue weighted by atomic mass is 10.1. The Labute approximate surface area is 120 Å². The van der Waals surface area contributed by atoms with E-state index in [4.69, 9.17) is 0 Å². The maximum atomic E-state index is 12.5. The third kappa shape index (κ3) is 3.03. The van der Waals surface area contributed by atoms with Crippen molar-refractivity contribution in [2.75, 3.05) is 0 Å². The molecule has 1 nitrogen and oxygen atoms in total. The van der Waals surface area contributed by atoms with Gasteiger partial charge in [0.1, 0.15) is 5.01 Å². The van der Waals surface area contributed by atoms with Crippen molar-refractivity contribution in [1.82, 2.24) is 4.98 Å². The first kappa shape index (κ1) is 15.0. The van der Waals surface area contributed by atoms with Crippen LogP contribution in [0.15, 0.2) is 24.3 Å². The highest BCUT2D eigenvalue weighted by atomic mass is 32.1. The molecule has 0 aliphatic carbocycles. The summed E-state index contributed by atoms with van der Waals surface area (Å²) in [6, 6.07) is 5.20. The lowest BCUT2D eigenvalue weighted by molar-refractivity contribution is -0.137. The predicted molar refractivity (Wildman–Crippen MR) is 76.0 cm³/mol. The molecule has 2 aromatic rings. The summed E-state index contributed by atoms with van der Waals surface area (Å²) in [6.07, 6.45) is -3.40. The Morgan fingerprint density at radius 2 is 1.75 bits per heavy atom. The van der Waals surface area contributed by atoms with Gasteiger partial charge < -0.3 is 0 Å². The van der Waals surface area contributed by atoms with Gasteiger partial charge in [-0.05, 0) is 24.5 Å². The summed E-state index contributed by atoms with van der Waals surface area (Å²) >= 11 is 1.56. The summed E-state index contributed by atoms with van der Waals surface area (Å²) in [5.74, 6) is 0.324. The van der Waals surface area contributed by atoms with Gasteiger partial charge in [0.05, 0.1) is 11.3 Å². The van der Waals surface area contributed by atoms with Crippen LogP contribution in [0.2, 0.25) is 0 Å². The Balaban J connectivity index is 2.37. The highest BCUT2D eigenvalue weighted by Crippen LogP contribution is 2.34. The van der Waals surface area contributed by atoms with Gasteiger partial charge in [0.15, 0.2) is 0 Å². The number of benzene rings is 1. The van der Waals surface area contributed by atoms with Crippen LogP contribution < -0.4 is 0 Å². The van der Waals surface area contributed by atoms with Gasteiger partial charge in [-0.2, -0.15) is 13.2 Å². The molecule has 0 saturated carbocycles. The largest absolute Gasteiger partial charge is 0.416 e. The highest BCUT2D eigenvalue weighted by molar-refractivity contribution is 7.15. The van der Waals surface area contributed by atoms with Crippen LogP contribution in [0.1, 0.15) is 42.8 Å². The van der Waals surface area contributed by atoms with Crippen LogP contribution >= 0.6 is 11.3 Å². The third-order valence-corrected chi connectivity index (χ3v) is 4.32. The van der Waals surface area contributed by atoms with E-state index < -0.39 is 11.7 Å². The summed E-state index contributed by atoms with van der Waals surface area (Å²) in [5.41, 5.74) is 1.16. The fourth-order valence-electron chi connectivity index (χ4n) is 1.99. The quantitative estimate of drug-likeness (QED) is 0.727. The second kappa shape index (κ2) is 5.56. The van der Waals surface area contributed by atoms with Crippen LogP contribution in [0.25, 0.3) is 10.6 Å². The minimum atomic E-state index is -4.29. The van der Waals surface area contributed by atoms with E-state index in [2.05, 4.69) is 25.8 Å². The molecule has 0 bridgehead atoms. The maximum absolute atomic E-state index is 12.5. The van der Waals surface area contributed by atoms with Crippen LogP contribution in [0.4, 0.5) is 13.2 Å². The molecule has 5 heteroatoms. The van der Waals surface area contributed by atoms with Crippen molar-refractivity contribution in [1.29, 1.82) is 0 Å². The van der Waals surface area contributed by atoms with Crippen molar-refractivity contribution >= 4 is 11.3 Å². The number of aromatic nitrogens is 1. The van der Waals surface area contributed by atoms with Crippen LogP contribution in [-0.2, 0) is 12.6 Å². The molecule has 108 valence electrons. The molecule has 0 radical (unpaired) electrons. The molecule has 0 spiro atoms. The summed E-state index contributed by atoms with van der Waals surface area (Å²) in [6.45, 7) is 6.21. The Morgan fingerprint density at radius 1 is 1.15 bits per heavy atom. The molecule has 1 heterocycles. The number of nitrogens with zero attached hydrogens (tertiary/aromatic N) is 1. The Bertz CT molecular complexity index is 582. The fraction of sp³-hybridized carbons (Fsp3) is 0.400. The van der Waals surface area contributed by atoms with Gasteiger partial charge >= 0.3 is 6.18 Å². The number of alkyl halides is 3. The van der Waals surface area contributed by atoms with Crippen molar-refractivity contribution in [3.8, 4) is 10.6 Å². The van der Waals surface area contributed by atoms with Crippen molar-refractivity contribution < 1.29 is 13.2 Å². The highest BCUT2D eigenvalue weighted by Gasteiger charge is 2.30. The SMILES string of the molecule is CCc1sc(-c2ccc(C(F)(F)F)cc2)nc1C(C)C. The zero-order valence-electron chi connectivity index (χ0n) is 11.6. The molecular formula is C15H16F3NS. The van der Waals surface area contributed by atoms with Crippen molar-refractivity contribution in [3.05, 3.63) is 40.4 Å². The van der Waals surface area contributed by atoms with Crippen LogP contribution in [0.5, 0.6) is 0 Å². The Morgan fingerprint density at radius 3 is 2.15 bits per heavy atom. The Hall–Kier alpha value is -1.36. The molecule has 0 aliphatic heterocycles. The van der Waals surface area contributed by atoms with Crippen molar-refractivity contribution in [3.63, 3.8) is 0 Å². The van der Waals surface area contributed by atoms with Gasteiger partial charge in [-0.15, -0.1) is 11.3 Å². The van der Waals surface area contributed by atoms with E-state index in [1.807, 2.05) is 0 Å². The molecular weight excluding hydrogens is 283 g/mol. The molecule has 0 aliphatic rings. The lowest BCUT2D eigenvalue weighted by Crippen LogP contribution is -2.03. The summed E-state index contributed by atoms with van der Waals surface area (Å²) in [5, 5.41) is 0.791. The lowest BCUT2D eigenvalue weighted by Gasteiger charge is -2.06. The summed E-state index contributed by atoms with van der Waals surface area (Å²) in [4.78, 5) is 5.78. The molecule has 0 N–H and O–H groups in total. The monoisotopic (exact) mass is 299 g/mol. The maximum Gasteiger partial charge on any atom is 0.416 e. The van der Waals surface area contributed by atoms with E-state index in [9.17, 15) is 13.2 Å². The van der Waals surface area contributed by atoms with E-state index in [0.29, 0.717) is 5.92 Å². The van der Waals surface area contributed by atoms with Gasteiger partial charge in [-0.3, -0.25) is 0 Å². The number of hydrogen-bond acceptors (Lipinski definition) is 2. The second-order valence-electron chi connectivity index (χ2n) is 4.91. The van der Waals surface area contributed by atoms with Gasteiger partial charge in [-0.25, -0.2) is 4.98 Å². The molecule has 0 fully saturated rings. The van der Waals surface area contributed by atoms with Gasteiger partial charge in [0, 0.05) is 10.4 Å². The minimum Gasteiger partial charge on any atom is -0.241 e.